The molecule has 2 aromatic rings. The molecule has 4 rings (SSSR count). The number of hydrogen-bond acceptors (Lipinski definition) is 4. The number of piperazine rings is 1. The normalized spacial score (nSPS) is 18.2. The second-order valence-corrected chi connectivity index (χ2v) is 8.38. The van der Waals surface area contributed by atoms with Gasteiger partial charge in [0.15, 0.2) is 11.6 Å². The second-order valence-electron chi connectivity index (χ2n) is 6.48. The highest BCUT2D eigenvalue weighted by Gasteiger charge is 2.35. The summed E-state index contributed by atoms with van der Waals surface area (Å²) < 4.78 is 54.5. The molecule has 26 heavy (non-hydrogen) atoms. The highest BCUT2D eigenvalue weighted by Crippen LogP contribution is 2.35. The number of sulfonamides is 1. The maximum Gasteiger partial charge on any atom is 0.246 e. The van der Waals surface area contributed by atoms with Crippen LogP contribution in [0.15, 0.2) is 41.3 Å². The van der Waals surface area contributed by atoms with Crippen LogP contribution in [-0.2, 0) is 23.1 Å². The van der Waals surface area contributed by atoms with Crippen LogP contribution in [0.2, 0.25) is 0 Å². The molecule has 0 bridgehead atoms. The Kier molecular flexibility index (Phi) is 4.42. The zero-order chi connectivity index (χ0) is 18.3. The van der Waals surface area contributed by atoms with Gasteiger partial charge in [-0.25, -0.2) is 17.2 Å². The van der Waals surface area contributed by atoms with Gasteiger partial charge in [-0.2, -0.15) is 4.31 Å². The van der Waals surface area contributed by atoms with Crippen molar-refractivity contribution in [3.8, 4) is 0 Å². The van der Waals surface area contributed by atoms with Gasteiger partial charge < -0.3 is 10.2 Å². The molecule has 2 aliphatic heterocycles. The van der Waals surface area contributed by atoms with Crippen LogP contribution in [0.25, 0.3) is 0 Å². The van der Waals surface area contributed by atoms with E-state index in [2.05, 4.69) is 10.2 Å². The number of nitrogens with zero attached hydrogens (tertiary/aromatic N) is 2. The third-order valence-corrected chi connectivity index (χ3v) is 6.73. The van der Waals surface area contributed by atoms with Crippen LogP contribution in [0.1, 0.15) is 11.1 Å². The highest BCUT2D eigenvalue weighted by molar-refractivity contribution is 7.89. The Balaban J connectivity index is 1.67. The van der Waals surface area contributed by atoms with E-state index < -0.39 is 26.6 Å². The summed E-state index contributed by atoms with van der Waals surface area (Å²) in [7, 11) is -4.12. The SMILES string of the molecule is O=S(=O)(c1cccc(F)c1F)N1Cc2cccc(N3CCNCC3)c2C1. The molecule has 1 N–H and O–H groups in total. The molecule has 138 valence electrons. The van der Waals surface area contributed by atoms with Crippen molar-refractivity contribution in [3.05, 3.63) is 59.2 Å². The molecule has 8 heteroatoms. The lowest BCUT2D eigenvalue weighted by atomic mass is 10.1. The van der Waals surface area contributed by atoms with Crippen molar-refractivity contribution < 1.29 is 17.2 Å². The minimum Gasteiger partial charge on any atom is -0.369 e. The lowest BCUT2D eigenvalue weighted by molar-refractivity contribution is 0.420. The van der Waals surface area contributed by atoms with Crippen molar-refractivity contribution in [1.29, 1.82) is 0 Å². The van der Waals surface area contributed by atoms with Crippen molar-refractivity contribution in [1.82, 2.24) is 9.62 Å². The van der Waals surface area contributed by atoms with Gasteiger partial charge in [0.1, 0.15) is 4.90 Å². The van der Waals surface area contributed by atoms with E-state index in [-0.39, 0.29) is 13.1 Å². The standard InChI is InChI=1S/C18H19F2N3O2S/c19-15-4-2-6-17(18(15)20)26(24,25)23-11-13-3-1-5-16(14(13)12-23)22-9-7-21-8-10-22/h1-6,21H,7-12H2. The van der Waals surface area contributed by atoms with E-state index in [1.165, 1.54) is 10.4 Å². The molecule has 0 unspecified atom stereocenters. The molecule has 1 fully saturated rings. The molecule has 0 aromatic heterocycles. The number of rotatable bonds is 3. The Morgan fingerprint density at radius 1 is 0.962 bits per heavy atom. The first kappa shape index (κ1) is 17.4. The summed E-state index contributed by atoms with van der Waals surface area (Å²) in [5.74, 6) is -2.49. The molecule has 0 radical (unpaired) electrons. The molecule has 2 heterocycles. The molecule has 0 spiro atoms. The van der Waals surface area contributed by atoms with Crippen molar-refractivity contribution in [2.24, 2.45) is 0 Å². The number of nitrogens with one attached hydrogen (secondary N) is 1. The minimum atomic E-state index is -4.12. The minimum absolute atomic E-state index is 0.160. The molecular formula is C18H19F2N3O2S. The van der Waals surface area contributed by atoms with Gasteiger partial charge in [-0.05, 0) is 29.3 Å². The summed E-state index contributed by atoms with van der Waals surface area (Å²) in [5.41, 5.74) is 2.86. The van der Waals surface area contributed by atoms with Gasteiger partial charge in [-0.3, -0.25) is 0 Å². The van der Waals surface area contributed by atoms with Gasteiger partial charge >= 0.3 is 0 Å². The molecule has 5 nitrogen and oxygen atoms in total. The van der Waals surface area contributed by atoms with Gasteiger partial charge in [-0.15, -0.1) is 0 Å². The second kappa shape index (κ2) is 6.61. The third-order valence-electron chi connectivity index (χ3n) is 4.92. The number of fused-ring (bicyclic) bond motifs is 1. The predicted molar refractivity (Wildman–Crippen MR) is 94.3 cm³/mol. The molecule has 0 amide bonds. The smallest absolute Gasteiger partial charge is 0.246 e. The molecule has 2 aromatic carbocycles. The quantitative estimate of drug-likeness (QED) is 0.887. The lowest BCUT2D eigenvalue weighted by Crippen LogP contribution is -2.44. The highest BCUT2D eigenvalue weighted by atomic mass is 32.2. The summed E-state index contributed by atoms with van der Waals surface area (Å²) in [6.45, 7) is 3.77. The van der Waals surface area contributed by atoms with E-state index in [4.69, 9.17) is 0 Å². The van der Waals surface area contributed by atoms with Gasteiger partial charge in [-0.1, -0.05) is 18.2 Å². The fourth-order valence-corrected chi connectivity index (χ4v) is 5.03. The third kappa shape index (κ3) is 2.87. The molecule has 0 aliphatic carbocycles. The van der Waals surface area contributed by atoms with Gasteiger partial charge in [0.25, 0.3) is 0 Å². The summed E-state index contributed by atoms with van der Waals surface area (Å²) in [6.07, 6.45) is 0. The molecular weight excluding hydrogens is 360 g/mol. The predicted octanol–water partition coefficient (Wildman–Crippen LogP) is 2.08. The maximum absolute atomic E-state index is 14.1. The van der Waals surface area contributed by atoms with Gasteiger partial charge in [0.05, 0.1) is 0 Å². The van der Waals surface area contributed by atoms with Crippen LogP contribution in [0.4, 0.5) is 14.5 Å². The number of benzene rings is 2. The summed E-state index contributed by atoms with van der Waals surface area (Å²) in [4.78, 5) is 1.61. The average molecular weight is 379 g/mol. The van der Waals surface area contributed by atoms with Crippen molar-refractivity contribution in [3.63, 3.8) is 0 Å². The van der Waals surface area contributed by atoms with E-state index in [1.807, 2.05) is 18.2 Å². The topological polar surface area (TPSA) is 52.7 Å². The molecule has 1 saturated heterocycles. The molecule has 0 saturated carbocycles. The zero-order valence-corrected chi connectivity index (χ0v) is 14.9. The number of halogens is 2. The fraction of sp³-hybridized carbons (Fsp3) is 0.333. The van der Waals surface area contributed by atoms with E-state index in [1.54, 1.807) is 0 Å². The maximum atomic E-state index is 14.1. The van der Waals surface area contributed by atoms with Crippen LogP contribution < -0.4 is 10.2 Å². The summed E-state index contributed by atoms with van der Waals surface area (Å²) >= 11 is 0. The largest absolute Gasteiger partial charge is 0.369 e. The first-order valence-electron chi connectivity index (χ1n) is 8.49. The lowest BCUT2D eigenvalue weighted by Gasteiger charge is -2.31. The first-order chi connectivity index (χ1) is 12.5. The Morgan fingerprint density at radius 3 is 2.46 bits per heavy atom. The van der Waals surface area contributed by atoms with Crippen molar-refractivity contribution in [2.75, 3.05) is 31.1 Å². The molecule has 0 atom stereocenters. The Morgan fingerprint density at radius 2 is 1.69 bits per heavy atom. The van der Waals surface area contributed by atoms with E-state index in [0.717, 1.165) is 55.1 Å². The number of anilines is 1. The Labute approximate surface area is 151 Å². The van der Waals surface area contributed by atoms with E-state index in [9.17, 15) is 17.2 Å². The molecule has 2 aliphatic rings. The van der Waals surface area contributed by atoms with Crippen LogP contribution in [0.3, 0.4) is 0 Å². The Hall–Kier alpha value is -2.03. The average Bonchev–Trinajstić information content (AvgIpc) is 3.10. The van der Waals surface area contributed by atoms with E-state index >= 15 is 0 Å². The van der Waals surface area contributed by atoms with Crippen molar-refractivity contribution >= 4 is 15.7 Å². The van der Waals surface area contributed by atoms with Crippen molar-refractivity contribution in [2.45, 2.75) is 18.0 Å². The number of hydrogen-bond donors (Lipinski definition) is 1. The Bertz CT molecular complexity index is 943. The summed E-state index contributed by atoms with van der Waals surface area (Å²) in [5, 5.41) is 3.29. The van der Waals surface area contributed by atoms with Crippen LogP contribution >= 0.6 is 0 Å². The monoisotopic (exact) mass is 379 g/mol. The zero-order valence-electron chi connectivity index (χ0n) is 14.1. The first-order valence-corrected chi connectivity index (χ1v) is 9.93. The van der Waals surface area contributed by atoms with Gasteiger partial charge in [0, 0.05) is 45.0 Å². The van der Waals surface area contributed by atoms with Crippen LogP contribution in [0, 0.1) is 11.6 Å². The van der Waals surface area contributed by atoms with Gasteiger partial charge in [0.2, 0.25) is 10.0 Å². The van der Waals surface area contributed by atoms with E-state index in [0.29, 0.717) is 0 Å². The summed E-state index contributed by atoms with van der Waals surface area (Å²) in [6, 6.07) is 9.01. The van der Waals surface area contributed by atoms with Crippen LogP contribution in [-0.4, -0.2) is 38.9 Å². The van der Waals surface area contributed by atoms with Crippen LogP contribution in [0.5, 0.6) is 0 Å². The fourth-order valence-electron chi connectivity index (χ4n) is 3.57.